The van der Waals surface area contributed by atoms with E-state index < -0.39 is 8.32 Å². The molecule has 122 valence electrons. The van der Waals surface area contributed by atoms with Crippen molar-refractivity contribution in [3.8, 4) is 0 Å². The molecule has 0 unspecified atom stereocenters. The normalized spacial score (nSPS) is 12.8. The van der Waals surface area contributed by atoms with Gasteiger partial charge in [-0.1, -0.05) is 33.6 Å². The van der Waals surface area contributed by atoms with Crippen LogP contribution >= 0.6 is 0 Å². The van der Waals surface area contributed by atoms with E-state index in [1.807, 2.05) is 0 Å². The summed E-state index contributed by atoms with van der Waals surface area (Å²) < 4.78 is 11.8. The van der Waals surface area contributed by atoms with Crippen LogP contribution in [0.4, 0.5) is 0 Å². The number of hydrogen-bond acceptors (Lipinski definition) is 2. The second kappa shape index (κ2) is 8.81. The zero-order valence-corrected chi connectivity index (χ0v) is 15.6. The molecule has 0 aromatic heterocycles. The Bertz CT molecular complexity index is 363. The standard InChI is InChI=1S/C18H33O2Si/c1-18(2,3)21(4,5)20-15-11-7-6-10-14-19-16-17-12-8-9-13-17/h8-9,12-13H,6-7,10-11,14-16H2,1-5H3/q-1. The van der Waals surface area contributed by atoms with E-state index in [4.69, 9.17) is 9.16 Å². The third-order valence-corrected chi connectivity index (χ3v) is 8.99. The molecule has 0 aliphatic carbocycles. The zero-order valence-electron chi connectivity index (χ0n) is 14.6. The van der Waals surface area contributed by atoms with Crippen molar-refractivity contribution < 1.29 is 9.16 Å². The van der Waals surface area contributed by atoms with E-state index in [9.17, 15) is 0 Å². The van der Waals surface area contributed by atoms with Crippen molar-refractivity contribution in [2.24, 2.45) is 0 Å². The molecule has 1 rings (SSSR count). The summed E-state index contributed by atoms with van der Waals surface area (Å²) in [5, 5.41) is 0.321. The fraction of sp³-hybridized carbons (Fsp3) is 0.722. The summed E-state index contributed by atoms with van der Waals surface area (Å²) in [5.41, 5.74) is 1.28. The highest BCUT2D eigenvalue weighted by molar-refractivity contribution is 6.74. The lowest BCUT2D eigenvalue weighted by molar-refractivity contribution is 0.116. The van der Waals surface area contributed by atoms with Crippen molar-refractivity contribution in [1.29, 1.82) is 0 Å². The van der Waals surface area contributed by atoms with E-state index in [-0.39, 0.29) is 0 Å². The van der Waals surface area contributed by atoms with Gasteiger partial charge in [0.05, 0.1) is 0 Å². The summed E-state index contributed by atoms with van der Waals surface area (Å²) in [6.07, 6.45) is 4.81. The average Bonchev–Trinajstić information content (AvgIpc) is 2.88. The minimum Gasteiger partial charge on any atom is -0.417 e. The molecule has 0 heterocycles. The van der Waals surface area contributed by atoms with Crippen LogP contribution in [0.15, 0.2) is 24.3 Å². The van der Waals surface area contributed by atoms with Gasteiger partial charge in [0.2, 0.25) is 0 Å². The number of rotatable bonds is 10. The van der Waals surface area contributed by atoms with E-state index in [1.54, 1.807) is 0 Å². The van der Waals surface area contributed by atoms with Gasteiger partial charge in [0.15, 0.2) is 8.32 Å². The number of hydrogen-bond donors (Lipinski definition) is 0. The molecule has 0 N–H and O–H groups in total. The van der Waals surface area contributed by atoms with E-state index >= 15 is 0 Å². The maximum atomic E-state index is 6.18. The van der Waals surface area contributed by atoms with Crippen molar-refractivity contribution in [3.05, 3.63) is 29.8 Å². The van der Waals surface area contributed by atoms with Gasteiger partial charge in [0, 0.05) is 19.8 Å². The van der Waals surface area contributed by atoms with Crippen molar-refractivity contribution in [3.63, 3.8) is 0 Å². The van der Waals surface area contributed by atoms with Gasteiger partial charge in [-0.25, -0.2) is 6.07 Å². The molecule has 0 spiro atoms. The van der Waals surface area contributed by atoms with Crippen molar-refractivity contribution >= 4 is 8.32 Å². The van der Waals surface area contributed by atoms with Gasteiger partial charge in [-0.3, -0.25) is 0 Å². The van der Waals surface area contributed by atoms with Gasteiger partial charge in [-0.15, -0.1) is 0 Å². The predicted molar refractivity (Wildman–Crippen MR) is 93.3 cm³/mol. The predicted octanol–water partition coefficient (Wildman–Crippen LogP) is 5.50. The molecule has 0 aliphatic rings. The third kappa shape index (κ3) is 7.34. The van der Waals surface area contributed by atoms with Crippen LogP contribution in [0.2, 0.25) is 18.1 Å². The van der Waals surface area contributed by atoms with Gasteiger partial charge in [0.1, 0.15) is 0 Å². The Morgan fingerprint density at radius 2 is 1.71 bits per heavy atom. The first-order chi connectivity index (χ1) is 9.83. The Hall–Kier alpha value is -0.513. The third-order valence-electron chi connectivity index (χ3n) is 4.45. The van der Waals surface area contributed by atoms with Crippen molar-refractivity contribution in [2.45, 2.75) is 71.2 Å². The molecule has 2 nitrogen and oxygen atoms in total. The lowest BCUT2D eigenvalue weighted by Gasteiger charge is -2.36. The van der Waals surface area contributed by atoms with Gasteiger partial charge in [0.25, 0.3) is 0 Å². The average molecular weight is 310 g/mol. The fourth-order valence-electron chi connectivity index (χ4n) is 1.90. The Morgan fingerprint density at radius 1 is 1.05 bits per heavy atom. The molecule has 1 aromatic carbocycles. The molecule has 0 fully saturated rings. The summed E-state index contributed by atoms with van der Waals surface area (Å²) in [4.78, 5) is 0. The van der Waals surface area contributed by atoms with Gasteiger partial charge >= 0.3 is 0 Å². The van der Waals surface area contributed by atoms with Crippen LogP contribution < -0.4 is 0 Å². The molecular weight excluding hydrogens is 276 g/mol. The summed E-state index contributed by atoms with van der Waals surface area (Å²) in [5.74, 6) is 0. The molecule has 0 saturated heterocycles. The second-order valence-corrected chi connectivity index (χ2v) is 12.2. The molecule has 3 heteroatoms. The molecular formula is C18H33O2Si-. The van der Waals surface area contributed by atoms with E-state index in [0.29, 0.717) is 5.04 Å². The molecule has 0 atom stereocenters. The number of ether oxygens (including phenoxy) is 1. The first-order valence-electron chi connectivity index (χ1n) is 8.25. The summed E-state index contributed by atoms with van der Waals surface area (Å²) in [7, 11) is -1.54. The van der Waals surface area contributed by atoms with Crippen LogP contribution in [0.5, 0.6) is 0 Å². The SMILES string of the molecule is CC(C)(C)[Si](C)(C)OCCCCCCOCc1cc[cH-]c1. The molecule has 0 saturated carbocycles. The Balaban J connectivity index is 1.93. The molecule has 1 aromatic rings. The number of unbranched alkanes of at least 4 members (excludes halogenated alkanes) is 3. The maximum Gasteiger partial charge on any atom is 0.191 e. The van der Waals surface area contributed by atoms with Crippen LogP contribution in [0.3, 0.4) is 0 Å². The van der Waals surface area contributed by atoms with Crippen molar-refractivity contribution in [1.82, 2.24) is 0 Å². The molecule has 0 amide bonds. The monoisotopic (exact) mass is 309 g/mol. The maximum absolute atomic E-state index is 6.18. The molecule has 0 bridgehead atoms. The van der Waals surface area contributed by atoms with E-state index in [2.05, 4.69) is 58.1 Å². The highest BCUT2D eigenvalue weighted by atomic mass is 28.4. The van der Waals surface area contributed by atoms with Crippen LogP contribution in [0.1, 0.15) is 52.0 Å². The zero-order chi connectivity index (χ0) is 15.8. The van der Waals surface area contributed by atoms with Crippen LogP contribution in [-0.2, 0) is 15.8 Å². The second-order valence-electron chi connectivity index (χ2n) is 7.37. The molecule has 21 heavy (non-hydrogen) atoms. The Morgan fingerprint density at radius 3 is 2.29 bits per heavy atom. The highest BCUT2D eigenvalue weighted by Gasteiger charge is 2.36. The molecule has 0 aliphatic heterocycles. The first-order valence-corrected chi connectivity index (χ1v) is 11.2. The van der Waals surface area contributed by atoms with E-state index in [0.717, 1.165) is 26.2 Å². The summed E-state index contributed by atoms with van der Waals surface area (Å²) in [6.45, 7) is 14.1. The van der Waals surface area contributed by atoms with Gasteiger partial charge < -0.3 is 9.16 Å². The van der Waals surface area contributed by atoms with Crippen molar-refractivity contribution in [2.75, 3.05) is 13.2 Å². The minimum absolute atomic E-state index is 0.321. The summed E-state index contributed by atoms with van der Waals surface area (Å²) >= 11 is 0. The quantitative estimate of drug-likeness (QED) is 0.322. The minimum atomic E-state index is -1.54. The Labute approximate surface area is 132 Å². The lowest BCUT2D eigenvalue weighted by Crippen LogP contribution is -2.40. The van der Waals surface area contributed by atoms with Crippen LogP contribution in [-0.4, -0.2) is 21.5 Å². The highest BCUT2D eigenvalue weighted by Crippen LogP contribution is 2.36. The smallest absolute Gasteiger partial charge is 0.191 e. The molecule has 0 radical (unpaired) electrons. The van der Waals surface area contributed by atoms with Crippen LogP contribution in [0, 0.1) is 0 Å². The van der Waals surface area contributed by atoms with Crippen LogP contribution in [0.25, 0.3) is 0 Å². The lowest BCUT2D eigenvalue weighted by atomic mass is 10.2. The summed E-state index contributed by atoms with van der Waals surface area (Å²) in [6, 6.07) is 8.33. The largest absolute Gasteiger partial charge is 0.417 e. The first kappa shape index (κ1) is 18.5. The topological polar surface area (TPSA) is 18.5 Å². The van der Waals surface area contributed by atoms with Gasteiger partial charge in [-0.2, -0.15) is 23.8 Å². The van der Waals surface area contributed by atoms with Gasteiger partial charge in [-0.05, 0) is 31.0 Å². The van der Waals surface area contributed by atoms with E-state index in [1.165, 1.54) is 24.8 Å². The fourth-order valence-corrected chi connectivity index (χ4v) is 2.99. The Kier molecular flexibility index (Phi) is 7.78.